The molecule has 0 aliphatic carbocycles. The number of ether oxygens (including phenoxy) is 1. The SMILES string of the molecule is C=CCN(CCC(=O)O)c1ccccc1OC. The normalized spacial score (nSPS) is 9.71. The molecule has 0 saturated carbocycles. The number of para-hydroxylation sites is 2. The van der Waals surface area contributed by atoms with Crippen LogP contribution in [0.5, 0.6) is 5.75 Å². The summed E-state index contributed by atoms with van der Waals surface area (Å²) >= 11 is 0. The van der Waals surface area contributed by atoms with Gasteiger partial charge in [-0.3, -0.25) is 4.79 Å². The van der Waals surface area contributed by atoms with Crippen LogP contribution in [0.25, 0.3) is 0 Å². The van der Waals surface area contributed by atoms with Gasteiger partial charge in [0, 0.05) is 13.1 Å². The van der Waals surface area contributed by atoms with Gasteiger partial charge >= 0.3 is 5.97 Å². The average Bonchev–Trinajstić information content (AvgIpc) is 2.34. The molecule has 0 heterocycles. The fourth-order valence-corrected chi connectivity index (χ4v) is 1.59. The fraction of sp³-hybridized carbons (Fsp3) is 0.308. The van der Waals surface area contributed by atoms with E-state index in [0.29, 0.717) is 13.1 Å². The first-order valence-corrected chi connectivity index (χ1v) is 5.39. The lowest BCUT2D eigenvalue weighted by Gasteiger charge is -2.24. The zero-order valence-corrected chi connectivity index (χ0v) is 9.93. The van der Waals surface area contributed by atoms with Gasteiger partial charge in [-0.1, -0.05) is 18.2 Å². The summed E-state index contributed by atoms with van der Waals surface area (Å²) in [6, 6.07) is 7.54. The van der Waals surface area contributed by atoms with Crippen LogP contribution < -0.4 is 9.64 Å². The van der Waals surface area contributed by atoms with E-state index in [0.717, 1.165) is 11.4 Å². The summed E-state index contributed by atoms with van der Waals surface area (Å²) < 4.78 is 5.26. The number of nitrogens with zero attached hydrogens (tertiary/aromatic N) is 1. The first-order chi connectivity index (χ1) is 8.19. The summed E-state index contributed by atoms with van der Waals surface area (Å²) in [5, 5.41) is 8.72. The maximum absolute atomic E-state index is 10.6. The van der Waals surface area contributed by atoms with Crippen LogP contribution in [0.4, 0.5) is 5.69 Å². The van der Waals surface area contributed by atoms with E-state index in [1.54, 1.807) is 13.2 Å². The molecule has 1 aromatic carbocycles. The van der Waals surface area contributed by atoms with Crippen LogP contribution in [0.15, 0.2) is 36.9 Å². The van der Waals surface area contributed by atoms with Crippen LogP contribution in [-0.2, 0) is 4.79 Å². The maximum Gasteiger partial charge on any atom is 0.305 e. The van der Waals surface area contributed by atoms with Gasteiger partial charge in [0.1, 0.15) is 5.75 Å². The molecule has 0 spiro atoms. The molecule has 0 bridgehead atoms. The molecule has 92 valence electrons. The molecule has 0 amide bonds. The Morgan fingerprint density at radius 3 is 2.82 bits per heavy atom. The summed E-state index contributed by atoms with van der Waals surface area (Å²) in [6.07, 6.45) is 1.83. The Bertz CT molecular complexity index is 390. The zero-order chi connectivity index (χ0) is 12.7. The zero-order valence-electron chi connectivity index (χ0n) is 9.93. The molecular weight excluding hydrogens is 218 g/mol. The molecule has 1 aromatic rings. The molecule has 0 atom stereocenters. The van der Waals surface area contributed by atoms with Crippen molar-refractivity contribution in [2.45, 2.75) is 6.42 Å². The fourth-order valence-electron chi connectivity index (χ4n) is 1.59. The van der Waals surface area contributed by atoms with Gasteiger partial charge in [0.25, 0.3) is 0 Å². The summed E-state index contributed by atoms with van der Waals surface area (Å²) in [5.41, 5.74) is 0.885. The number of anilines is 1. The van der Waals surface area contributed by atoms with Gasteiger partial charge in [-0.2, -0.15) is 0 Å². The molecule has 0 aromatic heterocycles. The molecule has 1 rings (SSSR count). The van der Waals surface area contributed by atoms with Crippen molar-refractivity contribution in [3.63, 3.8) is 0 Å². The van der Waals surface area contributed by atoms with Gasteiger partial charge in [-0.25, -0.2) is 0 Å². The van der Waals surface area contributed by atoms with Crippen LogP contribution >= 0.6 is 0 Å². The van der Waals surface area contributed by atoms with Crippen LogP contribution in [0.2, 0.25) is 0 Å². The molecule has 0 saturated heterocycles. The Labute approximate surface area is 101 Å². The summed E-state index contributed by atoms with van der Waals surface area (Å²) in [6.45, 7) is 4.70. The predicted octanol–water partition coefficient (Wildman–Crippen LogP) is 2.16. The van der Waals surface area contributed by atoms with Gasteiger partial charge in [-0.05, 0) is 12.1 Å². The van der Waals surface area contributed by atoms with E-state index >= 15 is 0 Å². The largest absolute Gasteiger partial charge is 0.495 e. The quantitative estimate of drug-likeness (QED) is 0.736. The minimum Gasteiger partial charge on any atom is -0.495 e. The lowest BCUT2D eigenvalue weighted by atomic mass is 10.2. The minimum absolute atomic E-state index is 0.0892. The molecule has 0 radical (unpaired) electrons. The van der Waals surface area contributed by atoms with Crippen molar-refractivity contribution in [1.29, 1.82) is 0 Å². The van der Waals surface area contributed by atoms with Crippen molar-refractivity contribution >= 4 is 11.7 Å². The molecule has 0 aliphatic rings. The lowest BCUT2D eigenvalue weighted by Crippen LogP contribution is -2.26. The Morgan fingerprint density at radius 1 is 1.53 bits per heavy atom. The molecular formula is C13H17NO3. The van der Waals surface area contributed by atoms with E-state index in [9.17, 15) is 4.79 Å². The Morgan fingerprint density at radius 2 is 2.24 bits per heavy atom. The number of benzene rings is 1. The highest BCUT2D eigenvalue weighted by molar-refractivity contribution is 5.68. The van der Waals surface area contributed by atoms with Crippen LogP contribution in [0.3, 0.4) is 0 Å². The number of hydrogen-bond donors (Lipinski definition) is 1. The second-order valence-electron chi connectivity index (χ2n) is 3.55. The van der Waals surface area contributed by atoms with Crippen LogP contribution in [0.1, 0.15) is 6.42 Å². The van der Waals surface area contributed by atoms with E-state index < -0.39 is 5.97 Å². The lowest BCUT2D eigenvalue weighted by molar-refractivity contribution is -0.136. The second-order valence-corrected chi connectivity index (χ2v) is 3.55. The minimum atomic E-state index is -0.811. The van der Waals surface area contributed by atoms with Crippen LogP contribution in [0, 0.1) is 0 Å². The van der Waals surface area contributed by atoms with Gasteiger partial charge in [0.2, 0.25) is 0 Å². The summed E-state index contributed by atoms with van der Waals surface area (Å²) in [5.74, 6) is -0.0753. The number of aliphatic carboxylic acids is 1. The summed E-state index contributed by atoms with van der Waals surface area (Å²) in [4.78, 5) is 12.5. The number of hydrogen-bond acceptors (Lipinski definition) is 3. The topological polar surface area (TPSA) is 49.8 Å². The third-order valence-corrected chi connectivity index (χ3v) is 2.37. The van der Waals surface area contributed by atoms with E-state index in [1.807, 2.05) is 29.2 Å². The third kappa shape index (κ3) is 3.83. The van der Waals surface area contributed by atoms with Crippen LogP contribution in [-0.4, -0.2) is 31.3 Å². The molecule has 0 fully saturated rings. The van der Waals surface area contributed by atoms with E-state index in [1.165, 1.54) is 0 Å². The predicted molar refractivity (Wildman–Crippen MR) is 67.7 cm³/mol. The first kappa shape index (κ1) is 13.1. The van der Waals surface area contributed by atoms with E-state index in [-0.39, 0.29) is 6.42 Å². The van der Waals surface area contributed by atoms with Gasteiger partial charge in [-0.15, -0.1) is 6.58 Å². The highest BCUT2D eigenvalue weighted by Crippen LogP contribution is 2.27. The second kappa shape index (κ2) is 6.58. The first-order valence-electron chi connectivity index (χ1n) is 5.39. The molecule has 0 aliphatic heterocycles. The van der Waals surface area contributed by atoms with E-state index in [4.69, 9.17) is 9.84 Å². The number of carbonyl (C=O) groups is 1. The molecule has 4 nitrogen and oxygen atoms in total. The average molecular weight is 235 g/mol. The Hall–Kier alpha value is -1.97. The third-order valence-electron chi connectivity index (χ3n) is 2.37. The molecule has 0 unspecified atom stereocenters. The maximum atomic E-state index is 10.6. The van der Waals surface area contributed by atoms with Crippen molar-refractivity contribution in [1.82, 2.24) is 0 Å². The number of rotatable bonds is 7. The van der Waals surface area contributed by atoms with Gasteiger partial charge < -0.3 is 14.7 Å². The molecule has 4 heteroatoms. The van der Waals surface area contributed by atoms with Crippen molar-refractivity contribution in [3.8, 4) is 5.75 Å². The monoisotopic (exact) mass is 235 g/mol. The Balaban J connectivity index is 2.87. The smallest absolute Gasteiger partial charge is 0.305 e. The van der Waals surface area contributed by atoms with Crippen molar-refractivity contribution in [2.75, 3.05) is 25.1 Å². The highest BCUT2D eigenvalue weighted by Gasteiger charge is 2.11. The number of carboxylic acids is 1. The standard InChI is InChI=1S/C13H17NO3/c1-3-9-14(10-8-13(15)16)11-6-4-5-7-12(11)17-2/h3-7H,1,8-10H2,2H3,(H,15,16). The Kier molecular flexibility index (Phi) is 5.07. The molecule has 1 N–H and O–H groups in total. The summed E-state index contributed by atoms with van der Waals surface area (Å²) in [7, 11) is 1.60. The van der Waals surface area contributed by atoms with E-state index in [2.05, 4.69) is 6.58 Å². The van der Waals surface area contributed by atoms with Crippen molar-refractivity contribution in [2.24, 2.45) is 0 Å². The molecule has 17 heavy (non-hydrogen) atoms. The number of carboxylic acid groups (broad SMARTS) is 1. The van der Waals surface area contributed by atoms with Gasteiger partial charge in [0.15, 0.2) is 0 Å². The van der Waals surface area contributed by atoms with Gasteiger partial charge in [0.05, 0.1) is 19.2 Å². The number of methoxy groups -OCH3 is 1. The van der Waals surface area contributed by atoms with Crippen molar-refractivity contribution in [3.05, 3.63) is 36.9 Å². The highest BCUT2D eigenvalue weighted by atomic mass is 16.5. The van der Waals surface area contributed by atoms with Crippen molar-refractivity contribution < 1.29 is 14.6 Å².